The summed E-state index contributed by atoms with van der Waals surface area (Å²) in [5.74, 6) is -0.489. The molecule has 1 aliphatic rings. The van der Waals surface area contributed by atoms with Gasteiger partial charge in [-0.1, -0.05) is 0 Å². The molecule has 18 heavy (non-hydrogen) atoms. The molecular formula is C12H15NO5. The van der Waals surface area contributed by atoms with Crippen LogP contribution in [0, 0.1) is 6.92 Å². The lowest BCUT2D eigenvalue weighted by Gasteiger charge is -2.34. The summed E-state index contributed by atoms with van der Waals surface area (Å²) < 4.78 is 15.6. The van der Waals surface area contributed by atoms with Gasteiger partial charge in [0.05, 0.1) is 12.3 Å². The van der Waals surface area contributed by atoms with Crippen LogP contribution < -0.4 is 0 Å². The Morgan fingerprint density at radius 1 is 1.50 bits per heavy atom. The maximum absolute atomic E-state index is 11.7. The molecule has 0 aromatic carbocycles. The van der Waals surface area contributed by atoms with Crippen LogP contribution >= 0.6 is 0 Å². The lowest BCUT2D eigenvalue weighted by molar-refractivity contribution is -0.382. The predicted molar refractivity (Wildman–Crippen MR) is 61.2 cm³/mol. The van der Waals surface area contributed by atoms with E-state index in [4.69, 9.17) is 14.2 Å². The molecule has 2 heterocycles. The number of ether oxygens (including phenoxy) is 3. The highest BCUT2D eigenvalue weighted by Gasteiger charge is 2.34. The topological polar surface area (TPSA) is 77.6 Å². The molecule has 98 valence electrons. The molecule has 0 atom stereocenters. The standard InChI is InChI=1S/C12H15NO5/c1-4-16-11(15)10-6(2)9(8(5-14)13-10)12-17-7(3)18-12/h5,7,12-13H,4H2,1-3H3. The summed E-state index contributed by atoms with van der Waals surface area (Å²) in [5.41, 5.74) is 1.73. The number of carbonyl (C=O) groups is 2. The minimum atomic E-state index is -0.598. The number of aromatic nitrogens is 1. The van der Waals surface area contributed by atoms with Crippen LogP contribution in [0.4, 0.5) is 0 Å². The van der Waals surface area contributed by atoms with Crippen molar-refractivity contribution >= 4 is 12.3 Å². The molecule has 6 nitrogen and oxygen atoms in total. The van der Waals surface area contributed by atoms with Crippen molar-refractivity contribution in [1.29, 1.82) is 0 Å². The Morgan fingerprint density at radius 3 is 2.67 bits per heavy atom. The Bertz CT molecular complexity index is 473. The van der Waals surface area contributed by atoms with Crippen LogP contribution in [0.3, 0.4) is 0 Å². The highest BCUT2D eigenvalue weighted by molar-refractivity contribution is 5.92. The van der Waals surface area contributed by atoms with Gasteiger partial charge in [-0.25, -0.2) is 4.79 Å². The molecular weight excluding hydrogens is 238 g/mol. The average molecular weight is 253 g/mol. The van der Waals surface area contributed by atoms with Crippen molar-refractivity contribution in [2.75, 3.05) is 6.61 Å². The van der Waals surface area contributed by atoms with Gasteiger partial charge in [0.25, 0.3) is 0 Å². The van der Waals surface area contributed by atoms with Gasteiger partial charge < -0.3 is 19.2 Å². The number of aromatic amines is 1. The zero-order valence-electron chi connectivity index (χ0n) is 10.5. The first-order valence-electron chi connectivity index (χ1n) is 5.74. The summed E-state index contributed by atoms with van der Waals surface area (Å²) in [5, 5.41) is 0. The fourth-order valence-corrected chi connectivity index (χ4v) is 1.93. The van der Waals surface area contributed by atoms with Crippen molar-refractivity contribution in [3.8, 4) is 0 Å². The third-order valence-electron chi connectivity index (χ3n) is 2.79. The van der Waals surface area contributed by atoms with Crippen molar-refractivity contribution in [3.63, 3.8) is 0 Å². The predicted octanol–water partition coefficient (Wildman–Crippen LogP) is 1.70. The molecule has 6 heteroatoms. The van der Waals surface area contributed by atoms with Gasteiger partial charge in [0.2, 0.25) is 0 Å². The molecule has 1 aromatic rings. The van der Waals surface area contributed by atoms with E-state index in [2.05, 4.69) is 4.98 Å². The third-order valence-corrected chi connectivity index (χ3v) is 2.79. The number of hydrogen-bond donors (Lipinski definition) is 1. The Labute approximate surface area is 104 Å². The van der Waals surface area contributed by atoms with Gasteiger partial charge in [-0.2, -0.15) is 0 Å². The Balaban J connectivity index is 2.34. The van der Waals surface area contributed by atoms with Gasteiger partial charge in [0, 0.05) is 5.56 Å². The number of rotatable bonds is 4. The number of H-pyrrole nitrogens is 1. The van der Waals surface area contributed by atoms with Crippen molar-refractivity contribution in [2.45, 2.75) is 33.4 Å². The number of nitrogens with one attached hydrogen (secondary N) is 1. The molecule has 0 saturated carbocycles. The fourth-order valence-electron chi connectivity index (χ4n) is 1.93. The van der Waals surface area contributed by atoms with Crippen LogP contribution in [0.2, 0.25) is 0 Å². The zero-order chi connectivity index (χ0) is 13.3. The quantitative estimate of drug-likeness (QED) is 0.652. The Hall–Kier alpha value is -1.66. The number of aldehydes is 1. The summed E-state index contributed by atoms with van der Waals surface area (Å²) >= 11 is 0. The monoisotopic (exact) mass is 253 g/mol. The first kappa shape index (κ1) is 12.8. The van der Waals surface area contributed by atoms with E-state index in [0.29, 0.717) is 17.4 Å². The molecule has 0 bridgehead atoms. The first-order valence-corrected chi connectivity index (χ1v) is 5.74. The molecule has 0 unspecified atom stereocenters. The smallest absolute Gasteiger partial charge is 0.355 e. The summed E-state index contributed by atoms with van der Waals surface area (Å²) in [7, 11) is 0. The molecule has 1 aliphatic heterocycles. The second-order valence-electron chi connectivity index (χ2n) is 3.96. The molecule has 1 N–H and O–H groups in total. The van der Waals surface area contributed by atoms with Crippen LogP contribution in [0.1, 0.15) is 52.2 Å². The van der Waals surface area contributed by atoms with Crippen LogP contribution in [0.25, 0.3) is 0 Å². The SMILES string of the molecule is CCOC(=O)c1[nH]c(C=O)c(C2OC(C)O2)c1C. The van der Waals surface area contributed by atoms with Crippen molar-refractivity contribution in [3.05, 3.63) is 22.5 Å². The van der Waals surface area contributed by atoms with Gasteiger partial charge in [-0.15, -0.1) is 0 Å². The molecule has 1 fully saturated rings. The summed E-state index contributed by atoms with van der Waals surface area (Å²) in [6, 6.07) is 0. The van der Waals surface area contributed by atoms with E-state index in [1.807, 2.05) is 0 Å². The van der Waals surface area contributed by atoms with E-state index in [1.165, 1.54) is 0 Å². The van der Waals surface area contributed by atoms with E-state index in [9.17, 15) is 9.59 Å². The highest BCUT2D eigenvalue weighted by Crippen LogP contribution is 2.36. The van der Waals surface area contributed by atoms with Gasteiger partial charge in [0.15, 0.2) is 18.9 Å². The number of hydrogen-bond acceptors (Lipinski definition) is 5. The molecule has 0 amide bonds. The van der Waals surface area contributed by atoms with Gasteiger partial charge in [-0.05, 0) is 26.3 Å². The highest BCUT2D eigenvalue weighted by atomic mass is 16.9. The van der Waals surface area contributed by atoms with E-state index < -0.39 is 12.3 Å². The van der Waals surface area contributed by atoms with Crippen LogP contribution in [-0.2, 0) is 14.2 Å². The molecule has 1 saturated heterocycles. The zero-order valence-corrected chi connectivity index (χ0v) is 10.5. The van der Waals surface area contributed by atoms with Crippen LogP contribution in [0.15, 0.2) is 0 Å². The Morgan fingerprint density at radius 2 is 2.17 bits per heavy atom. The summed E-state index contributed by atoms with van der Waals surface area (Å²) in [6.45, 7) is 5.47. The number of esters is 1. The normalized spacial score (nSPS) is 22.4. The summed E-state index contributed by atoms with van der Waals surface area (Å²) in [6.07, 6.45) is -0.254. The average Bonchev–Trinajstić information content (AvgIpc) is 2.62. The lowest BCUT2D eigenvalue weighted by atomic mass is 10.1. The lowest BCUT2D eigenvalue weighted by Crippen LogP contribution is -2.32. The van der Waals surface area contributed by atoms with Crippen molar-refractivity contribution in [2.24, 2.45) is 0 Å². The maximum Gasteiger partial charge on any atom is 0.355 e. The largest absolute Gasteiger partial charge is 0.461 e. The van der Waals surface area contributed by atoms with E-state index in [0.717, 1.165) is 0 Å². The molecule has 0 radical (unpaired) electrons. The maximum atomic E-state index is 11.7. The second-order valence-corrected chi connectivity index (χ2v) is 3.96. The van der Waals surface area contributed by atoms with Crippen LogP contribution in [0.5, 0.6) is 0 Å². The van der Waals surface area contributed by atoms with Gasteiger partial charge in [0.1, 0.15) is 5.69 Å². The molecule has 0 aliphatic carbocycles. The Kier molecular flexibility index (Phi) is 3.49. The fraction of sp³-hybridized carbons (Fsp3) is 0.500. The minimum Gasteiger partial charge on any atom is -0.461 e. The van der Waals surface area contributed by atoms with Gasteiger partial charge in [-0.3, -0.25) is 4.79 Å². The van der Waals surface area contributed by atoms with Crippen LogP contribution in [-0.4, -0.2) is 30.1 Å². The van der Waals surface area contributed by atoms with Crippen molar-refractivity contribution < 1.29 is 23.8 Å². The molecule has 0 spiro atoms. The molecule has 1 aromatic heterocycles. The molecule has 2 rings (SSSR count). The minimum absolute atomic E-state index is 0.265. The van der Waals surface area contributed by atoms with E-state index in [1.54, 1.807) is 20.8 Å². The van der Waals surface area contributed by atoms with Crippen molar-refractivity contribution in [1.82, 2.24) is 4.98 Å². The van der Waals surface area contributed by atoms with Gasteiger partial charge >= 0.3 is 5.97 Å². The second kappa shape index (κ2) is 4.91. The van der Waals surface area contributed by atoms with E-state index >= 15 is 0 Å². The first-order chi connectivity index (χ1) is 8.58. The number of carbonyl (C=O) groups excluding carboxylic acids is 2. The summed E-state index contributed by atoms with van der Waals surface area (Å²) in [4.78, 5) is 25.4. The van der Waals surface area contributed by atoms with E-state index in [-0.39, 0.29) is 24.3 Å². The third kappa shape index (κ3) is 2.04.